The van der Waals surface area contributed by atoms with Gasteiger partial charge in [-0.3, -0.25) is 0 Å². The van der Waals surface area contributed by atoms with Crippen LogP contribution in [0.5, 0.6) is 5.75 Å². The van der Waals surface area contributed by atoms with Crippen LogP contribution in [0.2, 0.25) is 0 Å². The van der Waals surface area contributed by atoms with E-state index in [-0.39, 0.29) is 11.5 Å². The van der Waals surface area contributed by atoms with E-state index in [1.165, 1.54) is 11.3 Å². The Balaban J connectivity index is 1.79. The second-order valence-corrected chi connectivity index (χ2v) is 7.61. The number of sulfonamides is 1. The summed E-state index contributed by atoms with van der Waals surface area (Å²) in [5, 5.41) is 21.9. The predicted octanol–water partition coefficient (Wildman–Crippen LogP) is 1.65. The van der Waals surface area contributed by atoms with Crippen molar-refractivity contribution in [1.82, 2.24) is 14.9 Å². The highest BCUT2D eigenvalue weighted by atomic mass is 32.2. The van der Waals surface area contributed by atoms with Gasteiger partial charge in [-0.2, -0.15) is 0 Å². The van der Waals surface area contributed by atoms with Crippen LogP contribution in [-0.4, -0.2) is 42.6 Å². The minimum Gasteiger partial charge on any atom is -0.508 e. The Kier molecular flexibility index (Phi) is 5.69. The Labute approximate surface area is 133 Å². The van der Waals surface area contributed by atoms with Crippen LogP contribution in [0.3, 0.4) is 0 Å². The zero-order valence-corrected chi connectivity index (χ0v) is 13.7. The first-order valence-electron chi connectivity index (χ1n) is 6.84. The SMILES string of the molecule is CCS(=O)(=O)NCCCNc1nnc(-c2ccc(O)cc2)s1. The van der Waals surface area contributed by atoms with Gasteiger partial charge in [0.2, 0.25) is 15.2 Å². The van der Waals surface area contributed by atoms with Crippen LogP contribution in [0, 0.1) is 0 Å². The molecule has 1 aromatic carbocycles. The van der Waals surface area contributed by atoms with Crippen LogP contribution in [0.1, 0.15) is 13.3 Å². The number of benzene rings is 1. The summed E-state index contributed by atoms with van der Waals surface area (Å²) in [6.07, 6.45) is 0.660. The largest absolute Gasteiger partial charge is 0.508 e. The molecule has 0 aliphatic carbocycles. The van der Waals surface area contributed by atoms with Gasteiger partial charge in [0.15, 0.2) is 0 Å². The molecular weight excluding hydrogens is 324 g/mol. The maximum atomic E-state index is 11.2. The molecule has 0 saturated heterocycles. The van der Waals surface area contributed by atoms with Gasteiger partial charge in [0.1, 0.15) is 10.8 Å². The first kappa shape index (κ1) is 16.7. The van der Waals surface area contributed by atoms with Gasteiger partial charge >= 0.3 is 0 Å². The number of nitrogens with zero attached hydrogens (tertiary/aromatic N) is 2. The molecule has 0 amide bonds. The first-order valence-corrected chi connectivity index (χ1v) is 9.31. The van der Waals surface area contributed by atoms with Crippen molar-refractivity contribution in [3.63, 3.8) is 0 Å². The molecule has 0 spiro atoms. The van der Waals surface area contributed by atoms with Crippen LogP contribution in [0.15, 0.2) is 24.3 Å². The lowest BCUT2D eigenvalue weighted by Gasteiger charge is -2.04. The molecule has 3 N–H and O–H groups in total. The number of aromatic hydroxyl groups is 1. The lowest BCUT2D eigenvalue weighted by molar-refractivity contribution is 0.475. The number of nitrogens with one attached hydrogen (secondary N) is 2. The summed E-state index contributed by atoms with van der Waals surface area (Å²) in [6, 6.07) is 6.76. The molecule has 22 heavy (non-hydrogen) atoms. The summed E-state index contributed by atoms with van der Waals surface area (Å²) >= 11 is 1.41. The fraction of sp³-hybridized carbons (Fsp3) is 0.385. The zero-order valence-electron chi connectivity index (χ0n) is 12.1. The number of hydrogen-bond acceptors (Lipinski definition) is 7. The quantitative estimate of drug-likeness (QED) is 0.630. The van der Waals surface area contributed by atoms with E-state index in [2.05, 4.69) is 20.2 Å². The summed E-state index contributed by atoms with van der Waals surface area (Å²) in [5.41, 5.74) is 0.888. The minimum absolute atomic E-state index is 0.0901. The molecular formula is C13H18N4O3S2. The number of hydrogen-bond donors (Lipinski definition) is 3. The van der Waals surface area contributed by atoms with E-state index in [1.54, 1.807) is 31.2 Å². The molecule has 2 aromatic rings. The van der Waals surface area contributed by atoms with Crippen molar-refractivity contribution in [2.45, 2.75) is 13.3 Å². The van der Waals surface area contributed by atoms with Crippen molar-refractivity contribution in [1.29, 1.82) is 0 Å². The monoisotopic (exact) mass is 342 g/mol. The number of phenols is 1. The summed E-state index contributed by atoms with van der Waals surface area (Å²) < 4.78 is 25.0. The van der Waals surface area contributed by atoms with E-state index in [0.29, 0.717) is 24.6 Å². The van der Waals surface area contributed by atoms with Crippen LogP contribution in [0.4, 0.5) is 5.13 Å². The van der Waals surface area contributed by atoms with E-state index in [1.807, 2.05) is 0 Å². The van der Waals surface area contributed by atoms with Gasteiger partial charge in [-0.05, 0) is 37.6 Å². The third-order valence-corrected chi connectivity index (χ3v) is 5.21. The summed E-state index contributed by atoms with van der Waals surface area (Å²) in [5.74, 6) is 0.299. The second-order valence-electron chi connectivity index (χ2n) is 4.54. The Bertz CT molecular complexity index is 698. The normalized spacial score (nSPS) is 11.5. The maximum absolute atomic E-state index is 11.2. The van der Waals surface area contributed by atoms with Gasteiger partial charge in [0, 0.05) is 18.7 Å². The molecule has 0 fully saturated rings. The molecule has 2 rings (SSSR count). The highest BCUT2D eigenvalue weighted by Crippen LogP contribution is 2.27. The fourth-order valence-electron chi connectivity index (χ4n) is 1.63. The van der Waals surface area contributed by atoms with Gasteiger partial charge < -0.3 is 10.4 Å². The lowest BCUT2D eigenvalue weighted by Crippen LogP contribution is -2.27. The number of anilines is 1. The van der Waals surface area contributed by atoms with E-state index >= 15 is 0 Å². The molecule has 0 aliphatic heterocycles. The van der Waals surface area contributed by atoms with Crippen molar-refractivity contribution < 1.29 is 13.5 Å². The van der Waals surface area contributed by atoms with Crippen LogP contribution in [-0.2, 0) is 10.0 Å². The van der Waals surface area contributed by atoms with Crippen LogP contribution >= 0.6 is 11.3 Å². The fourth-order valence-corrected chi connectivity index (χ4v) is 3.06. The minimum atomic E-state index is -3.12. The average Bonchev–Trinajstić information content (AvgIpc) is 2.96. The summed E-state index contributed by atoms with van der Waals surface area (Å²) in [7, 11) is -3.12. The molecule has 1 heterocycles. The van der Waals surface area contributed by atoms with E-state index in [4.69, 9.17) is 0 Å². The van der Waals surface area contributed by atoms with Crippen LogP contribution in [0.25, 0.3) is 10.6 Å². The van der Waals surface area contributed by atoms with Gasteiger partial charge in [-0.25, -0.2) is 13.1 Å². The van der Waals surface area contributed by atoms with Crippen molar-refractivity contribution in [2.75, 3.05) is 24.2 Å². The Morgan fingerprint density at radius 3 is 2.59 bits per heavy atom. The standard InChI is InChI=1S/C13H18N4O3S2/c1-2-22(19,20)15-9-3-8-14-13-17-16-12(21-13)10-4-6-11(18)7-5-10/h4-7,15,18H,2-3,8-9H2,1H3,(H,14,17). The third-order valence-electron chi connectivity index (χ3n) is 2.87. The molecule has 0 unspecified atom stereocenters. The van der Waals surface area contributed by atoms with Crippen molar-refractivity contribution in [3.8, 4) is 16.3 Å². The van der Waals surface area contributed by atoms with Gasteiger partial charge in [-0.1, -0.05) is 11.3 Å². The second kappa shape index (κ2) is 7.52. The van der Waals surface area contributed by atoms with Gasteiger partial charge in [-0.15, -0.1) is 10.2 Å². The molecule has 9 heteroatoms. The lowest BCUT2D eigenvalue weighted by atomic mass is 10.2. The van der Waals surface area contributed by atoms with E-state index < -0.39 is 10.0 Å². The molecule has 7 nitrogen and oxygen atoms in total. The smallest absolute Gasteiger partial charge is 0.211 e. The molecule has 1 aromatic heterocycles. The zero-order chi connectivity index (χ0) is 16.0. The number of aromatic nitrogens is 2. The highest BCUT2D eigenvalue weighted by molar-refractivity contribution is 7.89. The van der Waals surface area contributed by atoms with Crippen LogP contribution < -0.4 is 10.0 Å². The average molecular weight is 342 g/mol. The van der Waals surface area contributed by atoms with E-state index in [9.17, 15) is 13.5 Å². The molecule has 0 aliphatic rings. The molecule has 120 valence electrons. The molecule has 0 atom stereocenters. The third kappa shape index (κ3) is 4.93. The van der Waals surface area contributed by atoms with Crippen molar-refractivity contribution in [2.24, 2.45) is 0 Å². The Morgan fingerprint density at radius 2 is 1.91 bits per heavy atom. The predicted molar refractivity (Wildman–Crippen MR) is 87.6 cm³/mol. The highest BCUT2D eigenvalue weighted by Gasteiger charge is 2.07. The topological polar surface area (TPSA) is 104 Å². The van der Waals surface area contributed by atoms with Crippen molar-refractivity contribution in [3.05, 3.63) is 24.3 Å². The maximum Gasteiger partial charge on any atom is 0.211 e. The Morgan fingerprint density at radius 1 is 1.18 bits per heavy atom. The summed E-state index contributed by atoms with van der Waals surface area (Å²) in [6.45, 7) is 2.61. The molecule has 0 saturated carbocycles. The van der Waals surface area contributed by atoms with Crippen molar-refractivity contribution >= 4 is 26.5 Å². The summed E-state index contributed by atoms with van der Waals surface area (Å²) in [4.78, 5) is 0. The number of rotatable bonds is 8. The first-order chi connectivity index (χ1) is 10.5. The van der Waals surface area contributed by atoms with Gasteiger partial charge in [0.25, 0.3) is 0 Å². The van der Waals surface area contributed by atoms with E-state index in [0.717, 1.165) is 10.6 Å². The van der Waals surface area contributed by atoms with Gasteiger partial charge in [0.05, 0.1) is 5.75 Å². The molecule has 0 radical (unpaired) electrons. The number of phenolic OH excluding ortho intramolecular Hbond substituents is 1. The Hall–Kier alpha value is -1.71. The molecule has 0 bridgehead atoms.